The van der Waals surface area contributed by atoms with E-state index < -0.39 is 0 Å². The van der Waals surface area contributed by atoms with Gasteiger partial charge in [-0.25, -0.2) is 9.07 Å². The second-order valence-electron chi connectivity index (χ2n) is 8.09. The largest absolute Gasteiger partial charge is 0.383 e. The van der Waals surface area contributed by atoms with Crippen molar-refractivity contribution in [2.45, 2.75) is 18.9 Å². The minimum Gasteiger partial charge on any atom is -0.383 e. The van der Waals surface area contributed by atoms with Gasteiger partial charge in [0.1, 0.15) is 11.5 Å². The van der Waals surface area contributed by atoms with Crippen LogP contribution in [0, 0.1) is 5.82 Å². The number of nitrogens with one attached hydrogen (secondary N) is 1. The summed E-state index contributed by atoms with van der Waals surface area (Å²) >= 11 is 0. The number of methoxy groups -OCH3 is 1. The number of halogens is 1. The number of likely N-dealkylation sites (tertiary alicyclic amines) is 1. The van der Waals surface area contributed by atoms with Crippen molar-refractivity contribution >= 4 is 16.8 Å². The minimum absolute atomic E-state index is 0.0182. The summed E-state index contributed by atoms with van der Waals surface area (Å²) in [4.78, 5) is 30.0. The molecule has 1 N–H and O–H groups in total. The highest BCUT2D eigenvalue weighted by Crippen LogP contribution is 2.22. The Labute approximate surface area is 188 Å². The fourth-order valence-electron chi connectivity index (χ4n) is 4.27. The molecule has 1 aliphatic rings. The molecule has 0 spiro atoms. The molecule has 1 aliphatic heterocycles. The van der Waals surface area contributed by atoms with Crippen molar-refractivity contribution in [3.8, 4) is 16.9 Å². The molecule has 1 saturated heterocycles. The van der Waals surface area contributed by atoms with Crippen LogP contribution in [0.4, 0.5) is 4.39 Å². The van der Waals surface area contributed by atoms with Crippen molar-refractivity contribution in [2.24, 2.45) is 0 Å². The maximum Gasteiger partial charge on any atom is 0.258 e. The monoisotopic (exact) mass is 447 g/mol. The Bertz CT molecular complexity index is 1380. The van der Waals surface area contributed by atoms with E-state index in [-0.39, 0.29) is 23.3 Å². The van der Waals surface area contributed by atoms with Gasteiger partial charge in [-0.2, -0.15) is 0 Å². The fraction of sp³-hybridized carbons (Fsp3) is 0.250. The highest BCUT2D eigenvalue weighted by molar-refractivity contribution is 5.94. The van der Waals surface area contributed by atoms with Crippen LogP contribution >= 0.6 is 0 Å². The first-order valence-electron chi connectivity index (χ1n) is 10.7. The van der Waals surface area contributed by atoms with Crippen molar-refractivity contribution in [2.75, 3.05) is 20.3 Å². The van der Waals surface area contributed by atoms with Crippen LogP contribution in [-0.2, 0) is 4.74 Å². The SMILES string of the molecule is COCC1CCCN1C(=O)c1ccc(-n2cc(-c3cc4cc(F)ccc4[nH]c3=O)nn2)cc1. The van der Waals surface area contributed by atoms with E-state index in [0.29, 0.717) is 40.0 Å². The predicted molar refractivity (Wildman–Crippen MR) is 121 cm³/mol. The first-order chi connectivity index (χ1) is 16.0. The van der Waals surface area contributed by atoms with E-state index in [1.54, 1.807) is 43.6 Å². The molecule has 9 heteroatoms. The number of H-pyrrole nitrogens is 1. The number of aromatic nitrogens is 4. The first-order valence-corrected chi connectivity index (χ1v) is 10.7. The van der Waals surface area contributed by atoms with Crippen molar-refractivity contribution in [3.63, 3.8) is 0 Å². The second-order valence-corrected chi connectivity index (χ2v) is 8.09. The van der Waals surface area contributed by atoms with Gasteiger partial charge < -0.3 is 14.6 Å². The number of hydrogen-bond donors (Lipinski definition) is 1. The summed E-state index contributed by atoms with van der Waals surface area (Å²) in [6.45, 7) is 1.26. The van der Waals surface area contributed by atoms with Crippen LogP contribution in [0.3, 0.4) is 0 Å². The highest BCUT2D eigenvalue weighted by Gasteiger charge is 2.29. The third-order valence-electron chi connectivity index (χ3n) is 5.95. The molecule has 5 rings (SSSR count). The number of carbonyl (C=O) groups excluding carboxylic acids is 1. The number of pyridine rings is 1. The topological polar surface area (TPSA) is 93.1 Å². The van der Waals surface area contributed by atoms with Crippen LogP contribution in [0.15, 0.2) is 59.5 Å². The summed E-state index contributed by atoms with van der Waals surface area (Å²) < 4.78 is 20.4. The molecule has 0 aliphatic carbocycles. The van der Waals surface area contributed by atoms with Gasteiger partial charge in [0.15, 0.2) is 0 Å². The summed E-state index contributed by atoms with van der Waals surface area (Å²) in [6.07, 6.45) is 3.54. The second kappa shape index (κ2) is 8.59. The Morgan fingerprint density at radius 3 is 2.82 bits per heavy atom. The molecule has 2 aromatic carbocycles. The lowest BCUT2D eigenvalue weighted by molar-refractivity contribution is 0.0630. The number of hydrogen-bond acceptors (Lipinski definition) is 5. The molecule has 0 saturated carbocycles. The lowest BCUT2D eigenvalue weighted by Gasteiger charge is -2.24. The molecule has 1 fully saturated rings. The number of rotatable bonds is 5. The summed E-state index contributed by atoms with van der Waals surface area (Å²) in [5.41, 5.74) is 2.16. The van der Waals surface area contributed by atoms with E-state index in [0.717, 1.165) is 19.4 Å². The van der Waals surface area contributed by atoms with Crippen LogP contribution in [0.1, 0.15) is 23.2 Å². The Morgan fingerprint density at radius 1 is 1.21 bits per heavy atom. The van der Waals surface area contributed by atoms with E-state index in [1.165, 1.54) is 22.9 Å². The smallest absolute Gasteiger partial charge is 0.258 e. The van der Waals surface area contributed by atoms with Crippen molar-refractivity contribution < 1.29 is 13.9 Å². The lowest BCUT2D eigenvalue weighted by Crippen LogP contribution is -2.38. The maximum absolute atomic E-state index is 13.6. The Kier molecular flexibility index (Phi) is 5.47. The van der Waals surface area contributed by atoms with E-state index in [4.69, 9.17) is 4.74 Å². The van der Waals surface area contributed by atoms with Crippen LogP contribution in [-0.4, -0.2) is 57.1 Å². The molecule has 1 unspecified atom stereocenters. The molecular formula is C24H22FN5O3. The van der Waals surface area contributed by atoms with E-state index >= 15 is 0 Å². The van der Waals surface area contributed by atoms with Crippen LogP contribution < -0.4 is 5.56 Å². The van der Waals surface area contributed by atoms with Gasteiger partial charge in [0.25, 0.3) is 11.5 Å². The molecule has 4 aromatic rings. The van der Waals surface area contributed by atoms with E-state index in [2.05, 4.69) is 15.3 Å². The van der Waals surface area contributed by atoms with Crippen LogP contribution in [0.2, 0.25) is 0 Å². The van der Waals surface area contributed by atoms with E-state index in [1.807, 2.05) is 4.90 Å². The number of aromatic amines is 1. The maximum atomic E-state index is 13.6. The van der Waals surface area contributed by atoms with E-state index in [9.17, 15) is 14.0 Å². The lowest BCUT2D eigenvalue weighted by atomic mass is 10.1. The van der Waals surface area contributed by atoms with Gasteiger partial charge in [0, 0.05) is 30.1 Å². The molecule has 1 atom stereocenters. The average molecular weight is 447 g/mol. The van der Waals surface area contributed by atoms with Gasteiger partial charge in [-0.15, -0.1) is 5.10 Å². The van der Waals surface area contributed by atoms with Gasteiger partial charge in [0.05, 0.1) is 30.1 Å². The standard InChI is InChI=1S/C24H22FN5O3/c1-33-14-19-3-2-10-29(19)24(32)15-4-7-18(8-5-15)30-13-22(27-28-30)20-12-16-11-17(25)6-9-21(16)26-23(20)31/h4-9,11-13,19H,2-3,10,14H2,1H3,(H,26,31). The number of amides is 1. The first kappa shape index (κ1) is 21.0. The molecule has 1 amide bonds. The normalized spacial score (nSPS) is 15.9. The molecule has 2 aromatic heterocycles. The molecular weight excluding hydrogens is 425 g/mol. The van der Waals surface area contributed by atoms with Crippen molar-refractivity contribution in [3.05, 3.63) is 76.5 Å². The van der Waals surface area contributed by atoms with Gasteiger partial charge >= 0.3 is 0 Å². The molecule has 168 valence electrons. The number of carbonyl (C=O) groups is 1. The summed E-state index contributed by atoms with van der Waals surface area (Å²) in [7, 11) is 1.65. The summed E-state index contributed by atoms with van der Waals surface area (Å²) in [5, 5.41) is 8.80. The molecule has 8 nitrogen and oxygen atoms in total. The molecule has 0 radical (unpaired) electrons. The number of nitrogens with zero attached hydrogens (tertiary/aromatic N) is 4. The van der Waals surface area contributed by atoms with Gasteiger partial charge in [-0.1, -0.05) is 5.21 Å². The average Bonchev–Trinajstić information content (AvgIpc) is 3.49. The Morgan fingerprint density at radius 2 is 2.03 bits per heavy atom. The zero-order valence-electron chi connectivity index (χ0n) is 18.0. The zero-order chi connectivity index (χ0) is 22.9. The van der Waals surface area contributed by atoms with Crippen molar-refractivity contribution in [1.29, 1.82) is 0 Å². The quantitative estimate of drug-likeness (QED) is 0.507. The molecule has 33 heavy (non-hydrogen) atoms. The predicted octanol–water partition coefficient (Wildman–Crippen LogP) is 3.17. The summed E-state index contributed by atoms with van der Waals surface area (Å²) in [5.74, 6) is -0.406. The van der Waals surface area contributed by atoms with Crippen molar-refractivity contribution in [1.82, 2.24) is 24.9 Å². The Hall–Kier alpha value is -3.85. The van der Waals surface area contributed by atoms with Gasteiger partial charge in [0.2, 0.25) is 0 Å². The highest BCUT2D eigenvalue weighted by atomic mass is 19.1. The van der Waals surface area contributed by atoms with Gasteiger partial charge in [-0.05, 0) is 61.4 Å². The van der Waals surface area contributed by atoms with Gasteiger partial charge in [-0.3, -0.25) is 9.59 Å². The Balaban J connectivity index is 1.39. The fourth-order valence-corrected chi connectivity index (χ4v) is 4.27. The number of benzene rings is 2. The summed E-state index contributed by atoms with van der Waals surface area (Å²) in [6, 6.07) is 13.0. The third kappa shape index (κ3) is 4.03. The number of ether oxygens (including phenoxy) is 1. The zero-order valence-corrected chi connectivity index (χ0v) is 18.0. The molecule has 3 heterocycles. The van der Waals surface area contributed by atoms with Crippen LogP contribution in [0.5, 0.6) is 0 Å². The third-order valence-corrected chi connectivity index (χ3v) is 5.95. The molecule has 0 bridgehead atoms. The minimum atomic E-state index is -0.388. The number of fused-ring (bicyclic) bond motifs is 1. The van der Waals surface area contributed by atoms with Crippen LogP contribution in [0.25, 0.3) is 27.8 Å².